The summed E-state index contributed by atoms with van der Waals surface area (Å²) in [6.45, 7) is -1.99. The van der Waals surface area contributed by atoms with Crippen LogP contribution in [0.2, 0.25) is 0 Å². The molecule has 2 heterocycles. The number of aromatic nitrogens is 3. The van der Waals surface area contributed by atoms with Crippen molar-refractivity contribution in [2.45, 2.75) is 57.3 Å². The molecule has 10 nitrogen and oxygen atoms in total. The number of nitrogens with zero attached hydrogens (tertiary/aromatic N) is 3. The number of pyridine rings is 1. The van der Waals surface area contributed by atoms with Crippen molar-refractivity contribution in [2.24, 2.45) is 11.7 Å². The van der Waals surface area contributed by atoms with Gasteiger partial charge in [0.2, 0.25) is 5.91 Å². The third kappa shape index (κ3) is 6.57. The second-order valence-corrected chi connectivity index (χ2v) is 11.7. The Balaban J connectivity index is 1.38. The molecule has 6 rings (SSSR count). The Morgan fingerprint density at radius 1 is 1.09 bits per heavy atom. The lowest BCUT2D eigenvalue weighted by Crippen LogP contribution is -2.43. The summed E-state index contributed by atoms with van der Waals surface area (Å²) in [6.07, 6.45) is 4.01. The molecule has 0 unspecified atom stereocenters. The van der Waals surface area contributed by atoms with Gasteiger partial charge in [0.15, 0.2) is 17.4 Å². The van der Waals surface area contributed by atoms with Gasteiger partial charge in [0, 0.05) is 34.3 Å². The van der Waals surface area contributed by atoms with E-state index in [0.29, 0.717) is 30.4 Å². The number of amides is 2. The molecule has 2 aliphatic rings. The Morgan fingerprint density at radius 3 is 2.45 bits per heavy atom. The summed E-state index contributed by atoms with van der Waals surface area (Å²) in [5, 5.41) is 19.4. The van der Waals surface area contributed by atoms with Gasteiger partial charge in [0.05, 0.1) is 31.3 Å². The van der Waals surface area contributed by atoms with Crippen LogP contribution in [0.1, 0.15) is 60.3 Å². The second-order valence-electron chi connectivity index (χ2n) is 11.7. The molecule has 2 fully saturated rings. The number of carbonyl (C=O) groups is 2. The van der Waals surface area contributed by atoms with Crippen LogP contribution in [0.4, 0.5) is 22.0 Å². The lowest BCUT2D eigenvalue weighted by Gasteiger charge is -2.30. The summed E-state index contributed by atoms with van der Waals surface area (Å²) in [6, 6.07) is 5.01. The molecule has 47 heavy (non-hydrogen) atoms. The highest BCUT2D eigenvalue weighted by molar-refractivity contribution is 6.00. The maximum atomic E-state index is 15.1. The number of aliphatic hydroxyl groups is 1. The van der Waals surface area contributed by atoms with E-state index in [9.17, 15) is 32.3 Å². The van der Waals surface area contributed by atoms with Crippen LogP contribution in [-0.2, 0) is 16.8 Å². The molecule has 2 saturated carbocycles. The topological polar surface area (TPSA) is 142 Å². The highest BCUT2D eigenvalue weighted by atomic mass is 19.3. The predicted molar refractivity (Wildman–Crippen MR) is 157 cm³/mol. The Hall–Kier alpha value is -4.79. The minimum atomic E-state index is -3.17. The molecule has 2 aromatic heterocycles. The molecule has 248 valence electrons. The van der Waals surface area contributed by atoms with Gasteiger partial charge >= 0.3 is 6.61 Å². The van der Waals surface area contributed by atoms with Crippen molar-refractivity contribution >= 4 is 22.7 Å². The minimum absolute atomic E-state index is 0.0230. The van der Waals surface area contributed by atoms with E-state index in [1.807, 2.05) is 0 Å². The normalized spacial score (nSPS) is 15.9. The Morgan fingerprint density at radius 2 is 1.81 bits per heavy atom. The summed E-state index contributed by atoms with van der Waals surface area (Å²) in [5.74, 6) is -6.37. The van der Waals surface area contributed by atoms with E-state index in [4.69, 9.17) is 10.5 Å². The van der Waals surface area contributed by atoms with Crippen LogP contribution in [0.3, 0.4) is 0 Å². The summed E-state index contributed by atoms with van der Waals surface area (Å²) in [7, 11) is 0. The van der Waals surface area contributed by atoms with Gasteiger partial charge in [-0.1, -0.05) is 0 Å². The van der Waals surface area contributed by atoms with Gasteiger partial charge in [0.1, 0.15) is 28.4 Å². The number of rotatable bonds is 13. The van der Waals surface area contributed by atoms with Crippen molar-refractivity contribution in [1.29, 1.82) is 0 Å². The van der Waals surface area contributed by atoms with Gasteiger partial charge in [-0.3, -0.25) is 14.3 Å². The summed E-state index contributed by atoms with van der Waals surface area (Å²) in [5.41, 5.74) is 2.88. The van der Waals surface area contributed by atoms with E-state index < -0.39 is 65.9 Å². The van der Waals surface area contributed by atoms with E-state index in [1.54, 1.807) is 17.8 Å². The van der Waals surface area contributed by atoms with Crippen LogP contribution in [0.25, 0.3) is 22.2 Å². The zero-order valence-corrected chi connectivity index (χ0v) is 25.0. The molecule has 2 aromatic carbocycles. The molecule has 2 amide bonds. The fourth-order valence-electron chi connectivity index (χ4n) is 5.61. The lowest BCUT2D eigenvalue weighted by molar-refractivity contribution is -0.117. The second kappa shape index (κ2) is 12.4. The minimum Gasteiger partial charge on any atom is -0.491 e. The van der Waals surface area contributed by atoms with E-state index >= 15 is 4.39 Å². The average Bonchev–Trinajstić information content (AvgIpc) is 3.95. The fourth-order valence-corrected chi connectivity index (χ4v) is 5.61. The molecule has 15 heteroatoms. The van der Waals surface area contributed by atoms with Gasteiger partial charge in [-0.25, -0.2) is 18.2 Å². The highest BCUT2D eigenvalue weighted by Gasteiger charge is 2.47. The van der Waals surface area contributed by atoms with E-state index in [2.05, 4.69) is 20.1 Å². The number of nitrogens with one attached hydrogen (secondary N) is 1. The first-order valence-corrected chi connectivity index (χ1v) is 15.0. The van der Waals surface area contributed by atoms with E-state index in [-0.39, 0.29) is 52.2 Å². The van der Waals surface area contributed by atoms with Gasteiger partial charge in [-0.2, -0.15) is 13.9 Å². The largest absolute Gasteiger partial charge is 0.491 e. The van der Waals surface area contributed by atoms with Crippen LogP contribution in [-0.4, -0.2) is 51.4 Å². The standard InChI is InChI=1S/C32H30F5N5O5/c1-2-46-29-15(10-26(38)43)9-25(40-28(29)20-11-22(34)23(35)12-21(20)33)32(45,18-3-4-18)14-39-30(44)16-7-17-13-42(19-5-6-19)41-27(17)24(8-16)47-31(36)37/h7-9,11-13,18-19,31,45H,2-6,10,14H2,1H3,(H2,38,43)(H,39,44)/t32-/m1/s1. The molecule has 0 aliphatic heterocycles. The Bertz CT molecular complexity index is 1880. The van der Waals surface area contributed by atoms with Gasteiger partial charge in [-0.15, -0.1) is 0 Å². The number of ether oxygens (including phenoxy) is 2. The molecule has 0 spiro atoms. The van der Waals surface area contributed by atoms with Crippen molar-refractivity contribution in [2.75, 3.05) is 13.2 Å². The summed E-state index contributed by atoms with van der Waals surface area (Å²) in [4.78, 5) is 29.9. The average molecular weight is 660 g/mol. The zero-order valence-electron chi connectivity index (χ0n) is 25.0. The van der Waals surface area contributed by atoms with Crippen LogP contribution < -0.4 is 20.5 Å². The SMILES string of the molecule is CCOc1c(CC(N)=O)cc([C@@](O)(CNC(=O)c2cc(OC(F)F)c3nn(C4CC4)cc3c2)C2CC2)nc1-c1cc(F)c(F)cc1F. The molecule has 0 radical (unpaired) electrons. The number of halogens is 5. The summed E-state index contributed by atoms with van der Waals surface area (Å²) >= 11 is 0. The first-order valence-electron chi connectivity index (χ1n) is 15.0. The number of benzene rings is 2. The van der Waals surface area contributed by atoms with Crippen LogP contribution in [0.15, 0.2) is 36.5 Å². The molecule has 4 N–H and O–H groups in total. The molecule has 4 aromatic rings. The van der Waals surface area contributed by atoms with Crippen LogP contribution >= 0.6 is 0 Å². The van der Waals surface area contributed by atoms with Crippen molar-refractivity contribution in [3.63, 3.8) is 0 Å². The number of nitrogens with two attached hydrogens (primary N) is 1. The van der Waals surface area contributed by atoms with Gasteiger partial charge in [0.25, 0.3) is 5.91 Å². The monoisotopic (exact) mass is 659 g/mol. The third-order valence-electron chi connectivity index (χ3n) is 8.17. The maximum absolute atomic E-state index is 15.1. The summed E-state index contributed by atoms with van der Waals surface area (Å²) < 4.78 is 81.7. The molecule has 0 saturated heterocycles. The smallest absolute Gasteiger partial charge is 0.387 e. The Kier molecular flexibility index (Phi) is 8.51. The lowest BCUT2D eigenvalue weighted by atomic mass is 9.90. The molecular weight excluding hydrogens is 629 g/mol. The van der Waals surface area contributed by atoms with Crippen molar-refractivity contribution in [3.8, 4) is 22.8 Å². The quantitative estimate of drug-likeness (QED) is 0.137. The van der Waals surface area contributed by atoms with E-state index in [1.165, 1.54) is 12.1 Å². The number of primary amides is 1. The van der Waals surface area contributed by atoms with Gasteiger partial charge < -0.3 is 25.6 Å². The van der Waals surface area contributed by atoms with Crippen molar-refractivity contribution in [3.05, 3.63) is 70.8 Å². The molecule has 2 aliphatic carbocycles. The Labute approximate surface area is 264 Å². The highest BCUT2D eigenvalue weighted by Crippen LogP contribution is 2.47. The first-order chi connectivity index (χ1) is 22.4. The van der Waals surface area contributed by atoms with Crippen molar-refractivity contribution < 1.29 is 46.1 Å². The fraction of sp³-hybridized carbons (Fsp3) is 0.375. The molecular formula is C32H30F5N5O5. The number of alkyl halides is 2. The number of hydrogen-bond acceptors (Lipinski definition) is 7. The molecule has 0 bridgehead atoms. The predicted octanol–water partition coefficient (Wildman–Crippen LogP) is 4.91. The number of hydrogen-bond donors (Lipinski definition) is 3. The third-order valence-corrected chi connectivity index (χ3v) is 8.17. The maximum Gasteiger partial charge on any atom is 0.387 e. The van der Waals surface area contributed by atoms with Crippen molar-refractivity contribution in [1.82, 2.24) is 20.1 Å². The molecule has 1 atom stereocenters. The van der Waals surface area contributed by atoms with Crippen LogP contribution in [0, 0.1) is 23.4 Å². The number of carbonyl (C=O) groups excluding carboxylic acids is 2. The zero-order chi connectivity index (χ0) is 33.6. The van der Waals surface area contributed by atoms with Gasteiger partial charge in [-0.05, 0) is 62.8 Å². The van der Waals surface area contributed by atoms with E-state index in [0.717, 1.165) is 18.9 Å². The van der Waals surface area contributed by atoms with Crippen LogP contribution in [0.5, 0.6) is 11.5 Å². The number of fused-ring (bicyclic) bond motifs is 1. The first kappa shape index (κ1) is 32.2.